The van der Waals surface area contributed by atoms with Gasteiger partial charge in [0.25, 0.3) is 0 Å². The number of aliphatic hydroxyl groups excluding tert-OH is 1. The molecule has 1 heteroatoms. The molecule has 3 saturated carbocycles. The Morgan fingerprint density at radius 2 is 2.06 bits per heavy atom. The molecular formula is C15H24O. The molecule has 0 aromatic heterocycles. The Morgan fingerprint density at radius 1 is 1.38 bits per heavy atom. The fourth-order valence-corrected chi connectivity index (χ4v) is 5.03. The Labute approximate surface area is 98.9 Å². The third-order valence-corrected chi connectivity index (χ3v) is 6.51. The Kier molecular flexibility index (Phi) is 1.98. The Morgan fingerprint density at radius 3 is 2.75 bits per heavy atom. The number of rotatable bonds is 0. The number of allylic oxidation sites excluding steroid dienone is 1. The first-order valence-corrected chi connectivity index (χ1v) is 6.77. The second-order valence-corrected chi connectivity index (χ2v) is 7.06. The first-order chi connectivity index (χ1) is 7.39. The predicted octanol–water partition coefficient (Wildman–Crippen LogP) is 3.39. The Balaban J connectivity index is 2.07. The number of hydrogen-bond donors (Lipinski definition) is 1. The normalized spacial score (nSPS) is 54.1. The molecule has 0 aromatic carbocycles. The smallest absolute Gasteiger partial charge is 0.0577 e. The van der Waals surface area contributed by atoms with Crippen LogP contribution in [0.4, 0.5) is 0 Å². The van der Waals surface area contributed by atoms with Crippen LogP contribution in [-0.2, 0) is 0 Å². The molecule has 16 heavy (non-hydrogen) atoms. The van der Waals surface area contributed by atoms with Crippen molar-refractivity contribution < 1.29 is 5.11 Å². The second kappa shape index (κ2) is 2.93. The molecule has 0 heterocycles. The lowest BCUT2D eigenvalue weighted by atomic mass is 9.56. The molecular weight excluding hydrogens is 196 g/mol. The first-order valence-electron chi connectivity index (χ1n) is 6.77. The van der Waals surface area contributed by atoms with Gasteiger partial charge in [0.2, 0.25) is 0 Å². The van der Waals surface area contributed by atoms with Crippen LogP contribution in [0.2, 0.25) is 0 Å². The summed E-state index contributed by atoms with van der Waals surface area (Å²) in [6.45, 7) is 11.4. The predicted molar refractivity (Wildman–Crippen MR) is 66.0 cm³/mol. The maximum atomic E-state index is 10.2. The van der Waals surface area contributed by atoms with Crippen molar-refractivity contribution in [3.63, 3.8) is 0 Å². The van der Waals surface area contributed by atoms with Crippen molar-refractivity contribution in [2.45, 2.75) is 52.6 Å². The van der Waals surface area contributed by atoms with Crippen LogP contribution in [0.3, 0.4) is 0 Å². The molecule has 1 nitrogen and oxygen atoms in total. The fourth-order valence-electron chi connectivity index (χ4n) is 5.03. The topological polar surface area (TPSA) is 20.2 Å². The van der Waals surface area contributed by atoms with Crippen LogP contribution in [0.15, 0.2) is 12.2 Å². The summed E-state index contributed by atoms with van der Waals surface area (Å²) in [5.74, 6) is 1.88. The summed E-state index contributed by atoms with van der Waals surface area (Å²) in [6, 6.07) is 0. The SMILES string of the molecule is C=C1C2C[C@H](O)[C@H](C)[C@@]23CC[C@H](C3)C1(C)C. The van der Waals surface area contributed by atoms with E-state index >= 15 is 0 Å². The summed E-state index contributed by atoms with van der Waals surface area (Å²) in [5, 5.41) is 10.2. The van der Waals surface area contributed by atoms with E-state index in [1.165, 1.54) is 24.8 Å². The van der Waals surface area contributed by atoms with Gasteiger partial charge in [0, 0.05) is 0 Å². The molecule has 3 rings (SSSR count). The van der Waals surface area contributed by atoms with E-state index in [9.17, 15) is 5.11 Å². The van der Waals surface area contributed by atoms with Gasteiger partial charge in [-0.15, -0.1) is 0 Å². The highest BCUT2D eigenvalue weighted by atomic mass is 16.3. The zero-order chi connectivity index (χ0) is 11.7. The first kappa shape index (κ1) is 10.8. The van der Waals surface area contributed by atoms with Gasteiger partial charge in [0.15, 0.2) is 0 Å². The highest BCUT2D eigenvalue weighted by Crippen LogP contribution is 2.69. The van der Waals surface area contributed by atoms with Gasteiger partial charge in [-0.05, 0) is 54.3 Å². The highest BCUT2D eigenvalue weighted by Gasteiger charge is 2.63. The molecule has 0 amide bonds. The van der Waals surface area contributed by atoms with Gasteiger partial charge in [-0.25, -0.2) is 0 Å². The van der Waals surface area contributed by atoms with Crippen molar-refractivity contribution in [2.24, 2.45) is 28.6 Å². The quantitative estimate of drug-likeness (QED) is 0.620. The van der Waals surface area contributed by atoms with Crippen LogP contribution < -0.4 is 0 Å². The van der Waals surface area contributed by atoms with E-state index in [4.69, 9.17) is 0 Å². The average molecular weight is 220 g/mol. The molecule has 0 radical (unpaired) electrons. The van der Waals surface area contributed by atoms with E-state index < -0.39 is 0 Å². The van der Waals surface area contributed by atoms with Gasteiger partial charge in [0.05, 0.1) is 6.10 Å². The minimum absolute atomic E-state index is 0.0885. The van der Waals surface area contributed by atoms with E-state index in [-0.39, 0.29) is 6.10 Å². The van der Waals surface area contributed by atoms with Gasteiger partial charge in [0.1, 0.15) is 0 Å². The van der Waals surface area contributed by atoms with Crippen LogP contribution in [0.25, 0.3) is 0 Å². The third-order valence-electron chi connectivity index (χ3n) is 6.51. The Bertz CT molecular complexity index is 343. The molecule has 5 atom stereocenters. The number of hydrogen-bond acceptors (Lipinski definition) is 1. The van der Waals surface area contributed by atoms with Gasteiger partial charge in [-0.3, -0.25) is 0 Å². The summed E-state index contributed by atoms with van der Waals surface area (Å²) in [5.41, 5.74) is 2.15. The summed E-state index contributed by atoms with van der Waals surface area (Å²) < 4.78 is 0. The lowest BCUT2D eigenvalue weighted by Crippen LogP contribution is -2.40. The van der Waals surface area contributed by atoms with Gasteiger partial charge in [-0.1, -0.05) is 32.9 Å². The molecule has 1 spiro atoms. The fraction of sp³-hybridized carbons (Fsp3) is 0.867. The summed E-state index contributed by atoms with van der Waals surface area (Å²) in [7, 11) is 0. The highest BCUT2D eigenvalue weighted by molar-refractivity contribution is 5.27. The van der Waals surface area contributed by atoms with Crippen LogP contribution >= 0.6 is 0 Å². The summed E-state index contributed by atoms with van der Waals surface area (Å²) in [4.78, 5) is 0. The lowest BCUT2D eigenvalue weighted by Gasteiger charge is -2.48. The third kappa shape index (κ3) is 1.01. The molecule has 0 saturated heterocycles. The minimum Gasteiger partial charge on any atom is -0.393 e. The van der Waals surface area contributed by atoms with Crippen molar-refractivity contribution in [1.29, 1.82) is 0 Å². The number of fused-ring (bicyclic) bond motifs is 1. The van der Waals surface area contributed by atoms with Crippen LogP contribution in [0, 0.1) is 28.6 Å². The van der Waals surface area contributed by atoms with Crippen molar-refractivity contribution in [3.05, 3.63) is 12.2 Å². The molecule has 1 unspecified atom stereocenters. The molecule has 3 aliphatic rings. The Hall–Kier alpha value is -0.300. The van der Waals surface area contributed by atoms with Crippen molar-refractivity contribution in [3.8, 4) is 0 Å². The molecule has 3 fully saturated rings. The average Bonchev–Trinajstić information content (AvgIpc) is 2.75. The van der Waals surface area contributed by atoms with E-state index in [0.717, 1.165) is 12.3 Å². The molecule has 0 aliphatic heterocycles. The summed E-state index contributed by atoms with van der Waals surface area (Å²) in [6.07, 6.45) is 4.88. The van der Waals surface area contributed by atoms with Crippen LogP contribution in [-0.4, -0.2) is 11.2 Å². The zero-order valence-corrected chi connectivity index (χ0v) is 10.8. The minimum atomic E-state index is -0.0885. The lowest BCUT2D eigenvalue weighted by molar-refractivity contribution is 0.0587. The largest absolute Gasteiger partial charge is 0.393 e. The van der Waals surface area contributed by atoms with Gasteiger partial charge in [-0.2, -0.15) is 0 Å². The van der Waals surface area contributed by atoms with Gasteiger partial charge < -0.3 is 5.11 Å². The van der Waals surface area contributed by atoms with E-state index in [0.29, 0.717) is 22.7 Å². The van der Waals surface area contributed by atoms with E-state index in [2.05, 4.69) is 27.4 Å². The van der Waals surface area contributed by atoms with E-state index in [1.807, 2.05) is 0 Å². The molecule has 90 valence electrons. The molecule has 0 aromatic rings. The summed E-state index contributed by atoms with van der Waals surface area (Å²) >= 11 is 0. The van der Waals surface area contributed by atoms with Gasteiger partial charge >= 0.3 is 0 Å². The van der Waals surface area contributed by atoms with Crippen molar-refractivity contribution in [2.75, 3.05) is 0 Å². The number of aliphatic hydroxyl groups is 1. The molecule has 3 aliphatic carbocycles. The second-order valence-electron chi connectivity index (χ2n) is 7.06. The maximum absolute atomic E-state index is 10.2. The molecule has 2 bridgehead atoms. The zero-order valence-electron chi connectivity index (χ0n) is 10.8. The maximum Gasteiger partial charge on any atom is 0.0577 e. The monoisotopic (exact) mass is 220 g/mol. The van der Waals surface area contributed by atoms with Crippen LogP contribution in [0.5, 0.6) is 0 Å². The standard InChI is InChI=1S/C15H24O/c1-9-12-7-13(16)10(2)15(12)6-5-11(8-15)14(9,3)4/h10-13,16H,1,5-8H2,2-4H3/t10-,11+,12?,13-,15-/m0/s1. The molecule has 1 N–H and O–H groups in total. The van der Waals surface area contributed by atoms with E-state index in [1.54, 1.807) is 0 Å². The van der Waals surface area contributed by atoms with Crippen molar-refractivity contribution >= 4 is 0 Å². The van der Waals surface area contributed by atoms with Crippen molar-refractivity contribution in [1.82, 2.24) is 0 Å². The van der Waals surface area contributed by atoms with Crippen LogP contribution in [0.1, 0.15) is 46.5 Å².